The van der Waals surface area contributed by atoms with E-state index in [0.717, 1.165) is 16.0 Å². The monoisotopic (exact) mass is 302 g/mol. The lowest BCUT2D eigenvalue weighted by Gasteiger charge is -2.07. The van der Waals surface area contributed by atoms with E-state index in [1.807, 2.05) is 48.7 Å². The summed E-state index contributed by atoms with van der Waals surface area (Å²) in [6.45, 7) is 1.66. The summed E-state index contributed by atoms with van der Waals surface area (Å²) in [5.41, 5.74) is 3.12. The summed E-state index contributed by atoms with van der Waals surface area (Å²) in [5.74, 6) is -0.949. The molecule has 0 saturated carbocycles. The highest BCUT2D eigenvalue weighted by Crippen LogP contribution is 2.27. The third-order valence-electron chi connectivity index (χ3n) is 3.41. The van der Waals surface area contributed by atoms with E-state index in [2.05, 4.69) is 0 Å². The molecule has 0 aliphatic heterocycles. The second-order valence-electron chi connectivity index (χ2n) is 4.74. The van der Waals surface area contributed by atoms with Crippen molar-refractivity contribution in [1.29, 1.82) is 0 Å². The van der Waals surface area contributed by atoms with Gasteiger partial charge in [0.15, 0.2) is 0 Å². The van der Waals surface area contributed by atoms with Crippen LogP contribution in [0.2, 0.25) is 0 Å². The molecule has 0 aliphatic carbocycles. The van der Waals surface area contributed by atoms with Crippen molar-refractivity contribution in [3.05, 3.63) is 57.8 Å². The van der Waals surface area contributed by atoms with Crippen molar-refractivity contribution in [1.82, 2.24) is 0 Å². The van der Waals surface area contributed by atoms with Crippen LogP contribution in [0, 0.1) is 0 Å². The van der Waals surface area contributed by atoms with Crippen molar-refractivity contribution in [2.24, 2.45) is 0 Å². The minimum absolute atomic E-state index is 0.199. The first kappa shape index (κ1) is 15.5. The Bertz CT molecular complexity index is 635. The van der Waals surface area contributed by atoms with Crippen molar-refractivity contribution >= 4 is 17.3 Å². The zero-order valence-corrected chi connectivity index (χ0v) is 12.7. The number of aliphatic hydroxyl groups excluding tert-OH is 1. The van der Waals surface area contributed by atoms with Crippen LogP contribution in [0.4, 0.5) is 0 Å². The van der Waals surface area contributed by atoms with Gasteiger partial charge in [0.1, 0.15) is 0 Å². The normalized spacial score (nSPS) is 12.1. The molecule has 1 aromatic heterocycles. The summed E-state index contributed by atoms with van der Waals surface area (Å²) in [5, 5.41) is 20.7. The minimum atomic E-state index is -0.949. The maximum Gasteiger partial charge on any atom is 0.331 e. The molecule has 2 rings (SSSR count). The number of carbonyl (C=O) groups is 1. The van der Waals surface area contributed by atoms with Gasteiger partial charge in [0, 0.05) is 16.9 Å². The zero-order valence-electron chi connectivity index (χ0n) is 11.9. The fourth-order valence-corrected chi connectivity index (χ4v) is 3.11. The third kappa shape index (κ3) is 3.80. The van der Waals surface area contributed by atoms with Gasteiger partial charge in [-0.2, -0.15) is 0 Å². The topological polar surface area (TPSA) is 57.5 Å². The Hall–Kier alpha value is -1.91. The minimum Gasteiger partial charge on any atom is -0.478 e. The highest BCUT2D eigenvalue weighted by Gasteiger charge is 2.15. The van der Waals surface area contributed by atoms with E-state index < -0.39 is 5.97 Å². The number of carboxylic acids is 1. The number of aliphatic hydroxyl groups is 1. The van der Waals surface area contributed by atoms with Crippen LogP contribution in [0.15, 0.2) is 52.9 Å². The van der Waals surface area contributed by atoms with Crippen LogP contribution in [-0.2, 0) is 11.2 Å². The second kappa shape index (κ2) is 7.20. The predicted octanol–water partition coefficient (Wildman–Crippen LogP) is 3.74. The molecule has 3 nitrogen and oxygen atoms in total. The number of thiophene rings is 1. The number of carboxylic acid groups (broad SMARTS) is 1. The Morgan fingerprint density at radius 3 is 2.48 bits per heavy atom. The molecule has 0 amide bonds. The molecule has 2 N–H and O–H groups in total. The molecule has 21 heavy (non-hydrogen) atoms. The largest absolute Gasteiger partial charge is 0.478 e. The van der Waals surface area contributed by atoms with Gasteiger partial charge in [-0.15, -0.1) is 11.3 Å². The molecule has 0 spiro atoms. The van der Waals surface area contributed by atoms with E-state index in [1.54, 1.807) is 11.3 Å². The van der Waals surface area contributed by atoms with Crippen LogP contribution in [0.1, 0.15) is 18.2 Å². The maximum atomic E-state index is 11.4. The van der Waals surface area contributed by atoms with Crippen LogP contribution >= 0.6 is 11.3 Å². The van der Waals surface area contributed by atoms with E-state index in [4.69, 9.17) is 0 Å². The quantitative estimate of drug-likeness (QED) is 0.799. The smallest absolute Gasteiger partial charge is 0.331 e. The van der Waals surface area contributed by atoms with Gasteiger partial charge in [-0.3, -0.25) is 0 Å². The number of benzene rings is 1. The van der Waals surface area contributed by atoms with E-state index in [0.29, 0.717) is 24.0 Å². The van der Waals surface area contributed by atoms with Gasteiger partial charge in [-0.1, -0.05) is 37.3 Å². The second-order valence-corrected chi connectivity index (χ2v) is 5.74. The molecule has 0 saturated heterocycles. The van der Waals surface area contributed by atoms with Crippen molar-refractivity contribution in [3.8, 4) is 11.1 Å². The molecule has 1 aromatic carbocycles. The van der Waals surface area contributed by atoms with Gasteiger partial charge in [-0.25, -0.2) is 4.79 Å². The van der Waals surface area contributed by atoms with Gasteiger partial charge in [-0.05, 0) is 34.6 Å². The lowest BCUT2D eigenvalue weighted by Crippen LogP contribution is -2.09. The molecule has 4 heteroatoms. The van der Waals surface area contributed by atoms with Crippen molar-refractivity contribution in [2.45, 2.75) is 19.8 Å². The number of aliphatic carboxylic acids is 1. The van der Waals surface area contributed by atoms with Gasteiger partial charge in [0.2, 0.25) is 0 Å². The summed E-state index contributed by atoms with van der Waals surface area (Å²) in [6.07, 6.45) is 0.908. The molecule has 1 heterocycles. The lowest BCUT2D eigenvalue weighted by atomic mass is 10.0. The predicted molar refractivity (Wildman–Crippen MR) is 85.5 cm³/mol. The first-order valence-corrected chi connectivity index (χ1v) is 7.71. The first-order chi connectivity index (χ1) is 10.2. The van der Waals surface area contributed by atoms with Crippen molar-refractivity contribution in [3.63, 3.8) is 0 Å². The third-order valence-corrected chi connectivity index (χ3v) is 4.35. The first-order valence-electron chi connectivity index (χ1n) is 6.83. The van der Waals surface area contributed by atoms with Crippen LogP contribution in [0.3, 0.4) is 0 Å². The summed E-state index contributed by atoms with van der Waals surface area (Å²) >= 11 is 1.55. The van der Waals surface area contributed by atoms with E-state index in [1.165, 1.54) is 0 Å². The van der Waals surface area contributed by atoms with Gasteiger partial charge < -0.3 is 10.2 Å². The van der Waals surface area contributed by atoms with Gasteiger partial charge in [0.05, 0.1) is 6.61 Å². The fraction of sp³-hybridized carbons (Fsp3) is 0.235. The number of hydrogen-bond donors (Lipinski definition) is 2. The Morgan fingerprint density at radius 2 is 1.90 bits per heavy atom. The molecule has 0 fully saturated rings. The molecular weight excluding hydrogens is 284 g/mol. The fourth-order valence-electron chi connectivity index (χ4n) is 2.20. The highest BCUT2D eigenvalue weighted by molar-refractivity contribution is 7.10. The van der Waals surface area contributed by atoms with E-state index in [9.17, 15) is 15.0 Å². The van der Waals surface area contributed by atoms with Crippen LogP contribution in [0.5, 0.6) is 0 Å². The molecule has 0 aliphatic rings. The molecule has 0 atom stereocenters. The van der Waals surface area contributed by atoms with Crippen LogP contribution in [0.25, 0.3) is 11.1 Å². The van der Waals surface area contributed by atoms with Crippen LogP contribution < -0.4 is 0 Å². The van der Waals surface area contributed by atoms with Crippen LogP contribution in [-0.4, -0.2) is 22.8 Å². The average Bonchev–Trinajstić information content (AvgIpc) is 2.97. The summed E-state index contributed by atoms with van der Waals surface area (Å²) in [7, 11) is 0. The molecule has 110 valence electrons. The standard InChI is InChI=1S/C17H18O3S/c1-2-12(10-18)16(17(19)20)9-15-8-14(11-21-15)13-6-4-3-5-7-13/h3-8,11,18H,2,9-10H2,1H3,(H,19,20). The Balaban J connectivity index is 2.26. The lowest BCUT2D eigenvalue weighted by molar-refractivity contribution is -0.132. The highest BCUT2D eigenvalue weighted by atomic mass is 32.1. The van der Waals surface area contributed by atoms with Gasteiger partial charge >= 0.3 is 5.97 Å². The summed E-state index contributed by atoms with van der Waals surface area (Å²) < 4.78 is 0. The zero-order chi connectivity index (χ0) is 15.2. The molecule has 2 aromatic rings. The molecule has 0 radical (unpaired) electrons. The van der Waals surface area contributed by atoms with Gasteiger partial charge in [0.25, 0.3) is 0 Å². The number of hydrogen-bond acceptors (Lipinski definition) is 3. The van der Waals surface area contributed by atoms with Crippen molar-refractivity contribution < 1.29 is 15.0 Å². The van der Waals surface area contributed by atoms with Crippen molar-refractivity contribution in [2.75, 3.05) is 6.61 Å². The summed E-state index contributed by atoms with van der Waals surface area (Å²) in [6, 6.07) is 12.0. The average molecular weight is 302 g/mol. The molecule has 0 bridgehead atoms. The Labute approximate surface area is 128 Å². The Kier molecular flexibility index (Phi) is 5.31. The SMILES string of the molecule is CCC(CO)=C(Cc1cc(-c2ccccc2)cs1)C(=O)O. The van der Waals surface area contributed by atoms with E-state index >= 15 is 0 Å². The summed E-state index contributed by atoms with van der Waals surface area (Å²) in [4.78, 5) is 12.4. The van der Waals surface area contributed by atoms with E-state index in [-0.39, 0.29) is 6.61 Å². The molecular formula is C17H18O3S. The maximum absolute atomic E-state index is 11.4. The Morgan fingerprint density at radius 1 is 1.19 bits per heavy atom. The number of rotatable bonds is 6. The molecule has 0 unspecified atom stereocenters.